The van der Waals surface area contributed by atoms with E-state index >= 15 is 0 Å². The van der Waals surface area contributed by atoms with Crippen molar-refractivity contribution in [2.24, 2.45) is 0 Å². The van der Waals surface area contributed by atoms with Gasteiger partial charge in [0.1, 0.15) is 12.1 Å². The molecule has 1 aromatic carbocycles. The van der Waals surface area contributed by atoms with E-state index in [-0.39, 0.29) is 11.1 Å². The molecule has 2 aromatic rings. The van der Waals surface area contributed by atoms with Crippen LogP contribution in [-0.2, 0) is 4.79 Å². The minimum Gasteiger partial charge on any atom is -0.386 e. The highest BCUT2D eigenvalue weighted by molar-refractivity contribution is 6.22. The van der Waals surface area contributed by atoms with Crippen LogP contribution in [0, 0.1) is 0 Å². The highest BCUT2D eigenvalue weighted by atomic mass is 16.3. The number of carbonyl (C=O) groups excluding carboxylic acids is 3. The molecule has 2 aliphatic heterocycles. The van der Waals surface area contributed by atoms with Gasteiger partial charge >= 0.3 is 0 Å². The first-order chi connectivity index (χ1) is 13.1. The first-order valence-corrected chi connectivity index (χ1v) is 8.93. The molecule has 27 heavy (non-hydrogen) atoms. The predicted octanol–water partition coefficient (Wildman–Crippen LogP) is 1.40. The third-order valence-corrected chi connectivity index (χ3v) is 5.12. The number of aliphatic hydroxyl groups excluding tert-OH is 1. The number of benzene rings is 1. The molecule has 138 valence electrons. The van der Waals surface area contributed by atoms with E-state index in [9.17, 15) is 19.5 Å². The lowest BCUT2D eigenvalue weighted by Gasteiger charge is -2.32. The van der Waals surface area contributed by atoms with Crippen molar-refractivity contribution in [1.82, 2.24) is 14.8 Å². The van der Waals surface area contributed by atoms with E-state index in [2.05, 4.69) is 4.98 Å². The first kappa shape index (κ1) is 17.4. The number of aliphatic hydroxyl groups is 1. The van der Waals surface area contributed by atoms with Crippen molar-refractivity contribution in [3.63, 3.8) is 0 Å². The molecule has 1 saturated heterocycles. The maximum Gasteiger partial charge on any atom is 0.262 e. The number of rotatable bonds is 4. The van der Waals surface area contributed by atoms with Crippen LogP contribution < -0.4 is 0 Å². The topological polar surface area (TPSA) is 90.8 Å². The van der Waals surface area contributed by atoms with Gasteiger partial charge in [-0.3, -0.25) is 24.3 Å². The molecule has 1 N–H and O–H groups in total. The second kappa shape index (κ2) is 6.92. The van der Waals surface area contributed by atoms with Gasteiger partial charge in [0.2, 0.25) is 5.91 Å². The fourth-order valence-corrected chi connectivity index (χ4v) is 3.71. The molecular formula is C20H19N3O4. The molecule has 7 heteroatoms. The number of hydrogen-bond donors (Lipinski definition) is 1. The van der Waals surface area contributed by atoms with Crippen molar-refractivity contribution in [1.29, 1.82) is 0 Å². The highest BCUT2D eigenvalue weighted by Gasteiger charge is 2.47. The summed E-state index contributed by atoms with van der Waals surface area (Å²) >= 11 is 0. The van der Waals surface area contributed by atoms with E-state index in [1.165, 1.54) is 12.4 Å². The van der Waals surface area contributed by atoms with Crippen molar-refractivity contribution >= 4 is 17.7 Å². The summed E-state index contributed by atoms with van der Waals surface area (Å²) in [5.41, 5.74) is 0.936. The zero-order chi connectivity index (χ0) is 19.0. The number of amides is 3. The zero-order valence-electron chi connectivity index (χ0n) is 14.6. The molecule has 0 bridgehead atoms. The van der Waals surface area contributed by atoms with Crippen LogP contribution in [0.1, 0.15) is 45.2 Å². The molecular weight excluding hydrogens is 346 g/mol. The molecule has 2 aliphatic rings. The Morgan fingerprint density at radius 2 is 1.52 bits per heavy atom. The fraction of sp³-hybridized carbons (Fsp3) is 0.300. The molecule has 0 unspecified atom stereocenters. The number of carbonyl (C=O) groups is 3. The average Bonchev–Trinajstić information content (AvgIpc) is 3.32. The van der Waals surface area contributed by atoms with Crippen LogP contribution >= 0.6 is 0 Å². The minimum absolute atomic E-state index is 0.253. The van der Waals surface area contributed by atoms with E-state index in [1.54, 1.807) is 41.3 Å². The van der Waals surface area contributed by atoms with Gasteiger partial charge in [0.15, 0.2) is 0 Å². The number of imide groups is 1. The Hall–Kier alpha value is -3.06. The maximum absolute atomic E-state index is 13.2. The van der Waals surface area contributed by atoms with Gasteiger partial charge in [-0.1, -0.05) is 12.1 Å². The number of hydrogen-bond acceptors (Lipinski definition) is 5. The van der Waals surface area contributed by atoms with Gasteiger partial charge in [-0.15, -0.1) is 0 Å². The van der Waals surface area contributed by atoms with Gasteiger partial charge in [-0.05, 0) is 42.7 Å². The van der Waals surface area contributed by atoms with E-state index < -0.39 is 29.9 Å². The SMILES string of the molecule is O=C([C@@H]([C@@H](O)c1ccncc1)N1C(=O)c2ccccc2C1=O)N1CCCC1. The summed E-state index contributed by atoms with van der Waals surface area (Å²) in [6.45, 7) is 1.11. The molecule has 1 fully saturated rings. The summed E-state index contributed by atoms with van der Waals surface area (Å²) in [6.07, 6.45) is 3.40. The lowest BCUT2D eigenvalue weighted by Crippen LogP contribution is -2.53. The van der Waals surface area contributed by atoms with Crippen LogP contribution in [0.5, 0.6) is 0 Å². The lowest BCUT2D eigenvalue weighted by atomic mass is 10.0. The molecule has 0 spiro atoms. The Labute approximate surface area is 156 Å². The van der Waals surface area contributed by atoms with E-state index in [0.717, 1.165) is 17.7 Å². The predicted molar refractivity (Wildman–Crippen MR) is 95.7 cm³/mol. The molecule has 3 heterocycles. The molecule has 0 radical (unpaired) electrons. The summed E-state index contributed by atoms with van der Waals surface area (Å²) in [5, 5.41) is 11.0. The molecule has 0 saturated carbocycles. The number of aromatic nitrogens is 1. The van der Waals surface area contributed by atoms with Crippen LogP contribution in [0.4, 0.5) is 0 Å². The Morgan fingerprint density at radius 1 is 0.963 bits per heavy atom. The Balaban J connectivity index is 1.75. The van der Waals surface area contributed by atoms with E-state index in [1.807, 2.05) is 0 Å². The molecule has 4 rings (SSSR count). The van der Waals surface area contributed by atoms with Crippen LogP contribution in [0.25, 0.3) is 0 Å². The van der Waals surface area contributed by atoms with Crippen molar-refractivity contribution in [2.45, 2.75) is 25.0 Å². The quantitative estimate of drug-likeness (QED) is 0.827. The van der Waals surface area contributed by atoms with Crippen LogP contribution in [0.15, 0.2) is 48.8 Å². The van der Waals surface area contributed by atoms with E-state index in [4.69, 9.17) is 0 Å². The van der Waals surface area contributed by atoms with Crippen LogP contribution in [0.3, 0.4) is 0 Å². The normalized spacial score (nSPS) is 18.6. The number of fused-ring (bicyclic) bond motifs is 1. The van der Waals surface area contributed by atoms with Crippen molar-refractivity contribution in [3.8, 4) is 0 Å². The smallest absolute Gasteiger partial charge is 0.262 e. The second-order valence-electron chi connectivity index (χ2n) is 6.73. The van der Waals surface area contributed by atoms with Gasteiger partial charge in [-0.25, -0.2) is 0 Å². The number of likely N-dealkylation sites (tertiary alicyclic amines) is 1. The number of pyridine rings is 1. The first-order valence-electron chi connectivity index (χ1n) is 8.93. The Bertz CT molecular complexity index is 858. The van der Waals surface area contributed by atoms with Gasteiger partial charge in [0, 0.05) is 25.5 Å². The van der Waals surface area contributed by atoms with Crippen molar-refractivity contribution in [2.75, 3.05) is 13.1 Å². The average molecular weight is 365 g/mol. The molecule has 2 atom stereocenters. The van der Waals surface area contributed by atoms with Crippen molar-refractivity contribution in [3.05, 3.63) is 65.5 Å². The van der Waals surface area contributed by atoms with Gasteiger partial charge in [0.25, 0.3) is 11.8 Å². The fourth-order valence-electron chi connectivity index (χ4n) is 3.71. The molecule has 7 nitrogen and oxygen atoms in total. The van der Waals surface area contributed by atoms with E-state index in [0.29, 0.717) is 18.7 Å². The summed E-state index contributed by atoms with van der Waals surface area (Å²) in [6, 6.07) is 8.31. The summed E-state index contributed by atoms with van der Waals surface area (Å²) in [7, 11) is 0. The highest BCUT2D eigenvalue weighted by Crippen LogP contribution is 2.31. The van der Waals surface area contributed by atoms with Gasteiger partial charge < -0.3 is 10.0 Å². The maximum atomic E-state index is 13.2. The minimum atomic E-state index is -1.33. The largest absolute Gasteiger partial charge is 0.386 e. The van der Waals surface area contributed by atoms with Gasteiger partial charge in [-0.2, -0.15) is 0 Å². The zero-order valence-corrected chi connectivity index (χ0v) is 14.6. The third kappa shape index (κ3) is 2.90. The summed E-state index contributed by atoms with van der Waals surface area (Å²) in [5.74, 6) is -1.52. The lowest BCUT2D eigenvalue weighted by molar-refractivity contribution is -0.138. The monoisotopic (exact) mass is 365 g/mol. The molecule has 0 aliphatic carbocycles. The molecule has 3 amide bonds. The Kier molecular flexibility index (Phi) is 4.45. The molecule has 1 aromatic heterocycles. The standard InChI is InChI=1S/C20H19N3O4/c24-17(13-7-9-21-10-8-13)16(20(27)22-11-3-4-12-22)23-18(25)14-5-1-2-6-15(14)19(23)26/h1-2,5-10,16-17,24H,3-4,11-12H2/t16-,17+/m1/s1. The van der Waals surface area contributed by atoms with Crippen LogP contribution in [0.2, 0.25) is 0 Å². The van der Waals surface area contributed by atoms with Crippen molar-refractivity contribution < 1.29 is 19.5 Å². The van der Waals surface area contributed by atoms with Crippen LogP contribution in [-0.4, -0.2) is 56.7 Å². The third-order valence-electron chi connectivity index (χ3n) is 5.12. The number of nitrogens with zero attached hydrogens (tertiary/aromatic N) is 3. The summed E-state index contributed by atoms with van der Waals surface area (Å²) < 4.78 is 0. The van der Waals surface area contributed by atoms with Gasteiger partial charge in [0.05, 0.1) is 11.1 Å². The Morgan fingerprint density at radius 3 is 2.07 bits per heavy atom. The second-order valence-corrected chi connectivity index (χ2v) is 6.73. The summed E-state index contributed by atoms with van der Waals surface area (Å²) in [4.78, 5) is 45.5.